The number of carbonyl (C=O) groups is 2. The van der Waals surface area contributed by atoms with Gasteiger partial charge in [0.1, 0.15) is 0 Å². The molecule has 2 amide bonds. The van der Waals surface area contributed by atoms with Gasteiger partial charge in [-0.25, -0.2) is 0 Å². The summed E-state index contributed by atoms with van der Waals surface area (Å²) < 4.78 is 0. The molecule has 5 nitrogen and oxygen atoms in total. The molecule has 2 rings (SSSR count). The summed E-state index contributed by atoms with van der Waals surface area (Å²) in [6, 6.07) is 7.47. The van der Waals surface area contributed by atoms with Crippen LogP contribution in [0.1, 0.15) is 22.8 Å². The van der Waals surface area contributed by atoms with E-state index in [4.69, 9.17) is 0 Å². The number of hydrogen-bond acceptors (Lipinski definition) is 3. The highest BCUT2D eigenvalue weighted by atomic mass is 16.2. The third-order valence-corrected chi connectivity index (χ3v) is 3.49. The minimum atomic E-state index is -0.198. The molecular formula is C15H21N3O2. The van der Waals surface area contributed by atoms with Crippen molar-refractivity contribution in [2.75, 3.05) is 32.7 Å². The van der Waals surface area contributed by atoms with Crippen LogP contribution in [0, 0.1) is 0 Å². The zero-order valence-electron chi connectivity index (χ0n) is 11.8. The Labute approximate surface area is 119 Å². The average Bonchev–Trinajstić information content (AvgIpc) is 2.53. The lowest BCUT2D eigenvalue weighted by Crippen LogP contribution is -2.49. The van der Waals surface area contributed by atoms with Gasteiger partial charge in [-0.05, 0) is 24.1 Å². The van der Waals surface area contributed by atoms with Crippen molar-refractivity contribution < 1.29 is 9.59 Å². The Balaban J connectivity index is 1.83. The van der Waals surface area contributed by atoms with E-state index in [0.29, 0.717) is 18.7 Å². The molecule has 1 aromatic rings. The zero-order chi connectivity index (χ0) is 14.4. The summed E-state index contributed by atoms with van der Waals surface area (Å²) in [5.74, 6) is -0.221. The highest BCUT2D eigenvalue weighted by Gasteiger charge is 2.16. The van der Waals surface area contributed by atoms with Crippen molar-refractivity contribution in [2.45, 2.75) is 13.3 Å². The van der Waals surface area contributed by atoms with E-state index in [1.807, 2.05) is 12.1 Å². The molecule has 0 bridgehead atoms. The van der Waals surface area contributed by atoms with Crippen LogP contribution in [0.4, 0.5) is 0 Å². The summed E-state index contributed by atoms with van der Waals surface area (Å²) in [6.07, 6.45) is 0.948. The first-order valence-electron chi connectivity index (χ1n) is 7.06. The Morgan fingerprint density at radius 3 is 2.45 bits per heavy atom. The van der Waals surface area contributed by atoms with Crippen LogP contribution < -0.4 is 10.6 Å². The number of piperazine rings is 1. The Hall–Kier alpha value is -1.88. The van der Waals surface area contributed by atoms with Crippen molar-refractivity contribution in [1.29, 1.82) is 0 Å². The number of nitrogens with one attached hydrogen (secondary N) is 2. The van der Waals surface area contributed by atoms with Gasteiger partial charge in [-0.1, -0.05) is 19.1 Å². The summed E-state index contributed by atoms with van der Waals surface area (Å²) in [5, 5.41) is 5.87. The molecule has 1 aromatic carbocycles. The fourth-order valence-corrected chi connectivity index (χ4v) is 2.18. The van der Waals surface area contributed by atoms with E-state index in [1.54, 1.807) is 17.0 Å². The fourth-order valence-electron chi connectivity index (χ4n) is 2.18. The number of benzene rings is 1. The smallest absolute Gasteiger partial charge is 0.251 e. The lowest BCUT2D eigenvalue weighted by atomic mass is 10.1. The standard InChI is InChI=1S/C15H21N3O2/c1-2-12-3-5-13(6-4-12)15(20)17-11-14(19)18-9-7-16-8-10-18/h3-6,16H,2,7-11H2,1H3,(H,17,20). The molecular weight excluding hydrogens is 254 g/mol. The number of hydrogen-bond donors (Lipinski definition) is 2. The van der Waals surface area contributed by atoms with Gasteiger partial charge in [0.15, 0.2) is 0 Å². The Kier molecular flexibility index (Phi) is 5.12. The molecule has 0 radical (unpaired) electrons. The van der Waals surface area contributed by atoms with Crippen LogP contribution in [0.2, 0.25) is 0 Å². The van der Waals surface area contributed by atoms with Crippen LogP contribution in [0.5, 0.6) is 0 Å². The first-order chi connectivity index (χ1) is 9.70. The quantitative estimate of drug-likeness (QED) is 0.837. The Bertz CT molecular complexity index is 465. The van der Waals surface area contributed by atoms with E-state index in [-0.39, 0.29) is 18.4 Å². The first kappa shape index (κ1) is 14.5. The molecule has 20 heavy (non-hydrogen) atoms. The second kappa shape index (κ2) is 7.05. The molecule has 2 N–H and O–H groups in total. The molecule has 0 aromatic heterocycles. The van der Waals surface area contributed by atoms with Crippen molar-refractivity contribution in [2.24, 2.45) is 0 Å². The summed E-state index contributed by atoms with van der Waals surface area (Å²) in [7, 11) is 0. The van der Waals surface area contributed by atoms with Crippen molar-refractivity contribution in [3.8, 4) is 0 Å². The monoisotopic (exact) mass is 275 g/mol. The Morgan fingerprint density at radius 1 is 1.20 bits per heavy atom. The first-order valence-corrected chi connectivity index (χ1v) is 7.06. The molecule has 1 fully saturated rings. The minimum Gasteiger partial charge on any atom is -0.343 e. The predicted octanol–water partition coefficient (Wildman–Crippen LogP) is 0.411. The largest absolute Gasteiger partial charge is 0.343 e. The van der Waals surface area contributed by atoms with Gasteiger partial charge in [-0.15, -0.1) is 0 Å². The number of nitrogens with zero attached hydrogens (tertiary/aromatic N) is 1. The average molecular weight is 275 g/mol. The van der Waals surface area contributed by atoms with Gasteiger partial charge in [-0.3, -0.25) is 9.59 Å². The predicted molar refractivity (Wildman–Crippen MR) is 77.6 cm³/mol. The Morgan fingerprint density at radius 2 is 1.85 bits per heavy atom. The van der Waals surface area contributed by atoms with E-state index < -0.39 is 0 Å². The third kappa shape index (κ3) is 3.81. The van der Waals surface area contributed by atoms with E-state index in [9.17, 15) is 9.59 Å². The van der Waals surface area contributed by atoms with Crippen molar-refractivity contribution in [3.63, 3.8) is 0 Å². The zero-order valence-corrected chi connectivity index (χ0v) is 11.8. The minimum absolute atomic E-state index is 0.0231. The van der Waals surface area contributed by atoms with Crippen LogP contribution in [0.25, 0.3) is 0 Å². The molecule has 0 unspecified atom stereocenters. The van der Waals surface area contributed by atoms with E-state index >= 15 is 0 Å². The second-order valence-electron chi connectivity index (χ2n) is 4.86. The summed E-state index contributed by atoms with van der Waals surface area (Å²) in [4.78, 5) is 25.6. The van der Waals surface area contributed by atoms with Gasteiger partial charge in [0.25, 0.3) is 5.91 Å². The summed E-state index contributed by atoms with van der Waals surface area (Å²) >= 11 is 0. The maximum absolute atomic E-state index is 11.9. The van der Waals surface area contributed by atoms with Gasteiger partial charge in [0.05, 0.1) is 6.54 Å². The van der Waals surface area contributed by atoms with Crippen molar-refractivity contribution in [1.82, 2.24) is 15.5 Å². The van der Waals surface area contributed by atoms with Crippen LogP contribution >= 0.6 is 0 Å². The van der Waals surface area contributed by atoms with Gasteiger partial charge in [0.2, 0.25) is 5.91 Å². The van der Waals surface area contributed by atoms with Crippen LogP contribution in [-0.4, -0.2) is 49.4 Å². The second-order valence-corrected chi connectivity index (χ2v) is 4.86. The summed E-state index contributed by atoms with van der Waals surface area (Å²) in [5.41, 5.74) is 1.79. The summed E-state index contributed by atoms with van der Waals surface area (Å²) in [6.45, 7) is 5.19. The SMILES string of the molecule is CCc1ccc(C(=O)NCC(=O)N2CCNCC2)cc1. The van der Waals surface area contributed by atoms with Gasteiger partial charge in [-0.2, -0.15) is 0 Å². The van der Waals surface area contributed by atoms with Crippen molar-refractivity contribution in [3.05, 3.63) is 35.4 Å². The van der Waals surface area contributed by atoms with Gasteiger partial charge >= 0.3 is 0 Å². The van der Waals surface area contributed by atoms with Crippen molar-refractivity contribution >= 4 is 11.8 Å². The molecule has 0 aliphatic carbocycles. The van der Waals surface area contributed by atoms with Crippen LogP contribution in [0.15, 0.2) is 24.3 Å². The van der Waals surface area contributed by atoms with Crippen LogP contribution in [0.3, 0.4) is 0 Å². The molecule has 108 valence electrons. The number of carbonyl (C=O) groups excluding carboxylic acids is 2. The maximum Gasteiger partial charge on any atom is 0.251 e. The van der Waals surface area contributed by atoms with E-state index in [2.05, 4.69) is 17.6 Å². The molecule has 0 saturated carbocycles. The van der Waals surface area contributed by atoms with E-state index in [1.165, 1.54) is 5.56 Å². The fraction of sp³-hybridized carbons (Fsp3) is 0.467. The lowest BCUT2D eigenvalue weighted by Gasteiger charge is -2.27. The normalized spacial score (nSPS) is 14.9. The van der Waals surface area contributed by atoms with Gasteiger partial charge < -0.3 is 15.5 Å². The molecule has 1 heterocycles. The molecule has 0 spiro atoms. The van der Waals surface area contributed by atoms with E-state index in [0.717, 1.165) is 19.5 Å². The highest BCUT2D eigenvalue weighted by Crippen LogP contribution is 2.04. The molecule has 0 atom stereocenters. The molecule has 1 aliphatic heterocycles. The number of aryl methyl sites for hydroxylation is 1. The lowest BCUT2D eigenvalue weighted by molar-refractivity contribution is -0.130. The molecule has 5 heteroatoms. The maximum atomic E-state index is 11.9. The molecule has 1 aliphatic rings. The molecule has 1 saturated heterocycles. The number of rotatable bonds is 4. The van der Waals surface area contributed by atoms with Gasteiger partial charge in [0, 0.05) is 31.7 Å². The third-order valence-electron chi connectivity index (χ3n) is 3.49. The topological polar surface area (TPSA) is 61.4 Å². The highest BCUT2D eigenvalue weighted by molar-refractivity contribution is 5.96. The number of amides is 2. The van der Waals surface area contributed by atoms with Crippen LogP contribution in [-0.2, 0) is 11.2 Å².